The smallest absolute Gasteiger partial charge is 0.369 e. The highest BCUT2D eigenvalue weighted by molar-refractivity contribution is 6.30. The predicted octanol–water partition coefficient (Wildman–Crippen LogP) is 2.43. The van der Waals surface area contributed by atoms with E-state index in [0.717, 1.165) is 0 Å². The van der Waals surface area contributed by atoms with E-state index in [-0.39, 0.29) is 24.7 Å². The van der Waals surface area contributed by atoms with Crippen molar-refractivity contribution in [1.29, 1.82) is 0 Å². The van der Waals surface area contributed by atoms with Gasteiger partial charge in [-0.15, -0.1) is 0 Å². The second-order valence-corrected chi connectivity index (χ2v) is 6.48. The number of halogens is 4. The summed E-state index contributed by atoms with van der Waals surface area (Å²) in [6, 6.07) is 5.60. The van der Waals surface area contributed by atoms with E-state index in [1.165, 1.54) is 24.3 Å². The minimum absolute atomic E-state index is 0.121. The first-order valence-corrected chi connectivity index (χ1v) is 8.18. The lowest BCUT2D eigenvalue weighted by Crippen LogP contribution is -2.48. The largest absolute Gasteiger partial charge is 0.406 e. The molecule has 25 heavy (non-hydrogen) atoms. The van der Waals surface area contributed by atoms with Crippen LogP contribution in [-0.2, 0) is 9.59 Å². The Kier molecular flexibility index (Phi) is 6.29. The van der Waals surface area contributed by atoms with E-state index in [4.69, 9.17) is 17.3 Å². The summed E-state index contributed by atoms with van der Waals surface area (Å²) in [6.45, 7) is -0.777. The van der Waals surface area contributed by atoms with Crippen molar-refractivity contribution in [2.75, 3.05) is 31.1 Å². The summed E-state index contributed by atoms with van der Waals surface area (Å²) < 4.78 is 38.6. The Morgan fingerprint density at radius 2 is 1.92 bits per heavy atom. The molecule has 1 heterocycles. The summed E-state index contributed by atoms with van der Waals surface area (Å²) in [7, 11) is 0. The highest BCUT2D eigenvalue weighted by atomic mass is 35.5. The molecule has 1 atom stereocenters. The van der Waals surface area contributed by atoms with Crippen LogP contribution in [0.5, 0.6) is 0 Å². The summed E-state index contributed by atoms with van der Waals surface area (Å²) in [6.07, 6.45) is -3.24. The molecule has 2 amide bonds. The maximum atomic E-state index is 12.9. The zero-order chi connectivity index (χ0) is 18.6. The molecule has 138 valence electrons. The van der Waals surface area contributed by atoms with Crippen LogP contribution < -0.4 is 10.6 Å². The number of nitrogens with zero attached hydrogens (tertiary/aromatic N) is 2. The summed E-state index contributed by atoms with van der Waals surface area (Å²) in [5, 5.41) is 0.364. The molecule has 1 aliphatic rings. The van der Waals surface area contributed by atoms with Crippen LogP contribution >= 0.6 is 11.6 Å². The highest BCUT2D eigenvalue weighted by Crippen LogP contribution is 2.24. The molecule has 2 rings (SSSR count). The molecule has 1 fully saturated rings. The van der Waals surface area contributed by atoms with E-state index in [1.54, 1.807) is 4.90 Å². The van der Waals surface area contributed by atoms with Crippen molar-refractivity contribution in [2.45, 2.75) is 19.0 Å². The number of carbonyl (C=O) groups excluding carboxylic acids is 2. The topological polar surface area (TPSA) is 66.6 Å². The van der Waals surface area contributed by atoms with Gasteiger partial charge in [-0.2, -0.15) is 13.2 Å². The Hall–Kier alpha value is -1.80. The molecule has 0 saturated carbocycles. The summed E-state index contributed by atoms with van der Waals surface area (Å²) in [5.41, 5.74) is 5.41. The van der Waals surface area contributed by atoms with E-state index in [9.17, 15) is 22.8 Å². The average Bonchev–Trinajstić information content (AvgIpc) is 2.53. The van der Waals surface area contributed by atoms with Crippen LogP contribution in [0.25, 0.3) is 0 Å². The Morgan fingerprint density at radius 3 is 2.48 bits per heavy atom. The number of likely N-dealkylation sites (tertiary alicyclic amines) is 1. The number of anilines is 1. The molecule has 0 radical (unpaired) electrons. The van der Waals surface area contributed by atoms with Crippen molar-refractivity contribution in [3.8, 4) is 0 Å². The normalized spacial score (nSPS) is 18.8. The van der Waals surface area contributed by atoms with Crippen molar-refractivity contribution >= 4 is 29.1 Å². The fourth-order valence-electron chi connectivity index (χ4n) is 2.83. The molecule has 0 unspecified atom stereocenters. The van der Waals surface area contributed by atoms with Crippen molar-refractivity contribution in [2.24, 2.45) is 11.7 Å². The predicted molar refractivity (Wildman–Crippen MR) is 88.2 cm³/mol. The van der Waals surface area contributed by atoms with E-state index in [1.807, 2.05) is 0 Å². The molecule has 0 bridgehead atoms. The van der Waals surface area contributed by atoms with Crippen LogP contribution in [0.3, 0.4) is 0 Å². The third kappa shape index (κ3) is 5.89. The van der Waals surface area contributed by atoms with Gasteiger partial charge in [-0.3, -0.25) is 14.5 Å². The fourth-order valence-corrected chi connectivity index (χ4v) is 2.96. The van der Waals surface area contributed by atoms with Gasteiger partial charge in [0.1, 0.15) is 6.54 Å². The number of hydrogen-bond donors (Lipinski definition) is 1. The number of hydrogen-bond acceptors (Lipinski definition) is 3. The van der Waals surface area contributed by atoms with Gasteiger partial charge in [-0.05, 0) is 43.7 Å². The third-order valence-corrected chi connectivity index (χ3v) is 4.30. The highest BCUT2D eigenvalue weighted by Gasteiger charge is 2.35. The van der Waals surface area contributed by atoms with E-state index >= 15 is 0 Å². The fraction of sp³-hybridized carbons (Fsp3) is 0.500. The van der Waals surface area contributed by atoms with Crippen LogP contribution in [0.2, 0.25) is 5.02 Å². The Morgan fingerprint density at radius 1 is 1.28 bits per heavy atom. The van der Waals surface area contributed by atoms with Gasteiger partial charge in [-0.1, -0.05) is 11.6 Å². The Balaban J connectivity index is 2.12. The second kappa shape index (κ2) is 8.05. The van der Waals surface area contributed by atoms with Gasteiger partial charge in [-0.25, -0.2) is 0 Å². The first kappa shape index (κ1) is 19.5. The van der Waals surface area contributed by atoms with Crippen LogP contribution in [0.4, 0.5) is 18.9 Å². The van der Waals surface area contributed by atoms with Crippen LogP contribution in [0, 0.1) is 5.92 Å². The number of benzene rings is 1. The van der Waals surface area contributed by atoms with Gasteiger partial charge in [0.25, 0.3) is 0 Å². The monoisotopic (exact) mass is 377 g/mol. The summed E-state index contributed by atoms with van der Waals surface area (Å²) >= 11 is 5.75. The lowest BCUT2D eigenvalue weighted by atomic mass is 9.97. The Labute approximate surface area is 148 Å². The molecule has 1 aliphatic heterocycles. The molecular formula is C16H19ClF3N3O2. The number of piperidine rings is 1. The number of amides is 2. The van der Waals surface area contributed by atoms with Crippen LogP contribution in [0.1, 0.15) is 12.8 Å². The van der Waals surface area contributed by atoms with Crippen molar-refractivity contribution in [1.82, 2.24) is 4.90 Å². The minimum Gasteiger partial charge on any atom is -0.369 e. The van der Waals surface area contributed by atoms with Crippen molar-refractivity contribution in [3.63, 3.8) is 0 Å². The molecule has 1 aromatic carbocycles. The molecule has 1 saturated heterocycles. The van der Waals surface area contributed by atoms with Crippen molar-refractivity contribution < 1.29 is 22.8 Å². The first-order valence-electron chi connectivity index (χ1n) is 7.80. The van der Waals surface area contributed by atoms with Gasteiger partial charge < -0.3 is 10.6 Å². The lowest BCUT2D eigenvalue weighted by molar-refractivity contribution is -0.133. The average molecular weight is 378 g/mol. The van der Waals surface area contributed by atoms with Gasteiger partial charge in [0.2, 0.25) is 11.8 Å². The first-order chi connectivity index (χ1) is 11.7. The molecule has 5 nitrogen and oxygen atoms in total. The van der Waals surface area contributed by atoms with Crippen LogP contribution in [-0.4, -0.2) is 49.1 Å². The molecule has 0 aromatic heterocycles. The maximum Gasteiger partial charge on any atom is 0.406 e. The van der Waals surface area contributed by atoms with E-state index in [2.05, 4.69) is 0 Å². The maximum absolute atomic E-state index is 12.9. The molecule has 9 heteroatoms. The summed E-state index contributed by atoms with van der Waals surface area (Å²) in [4.78, 5) is 26.1. The zero-order valence-corrected chi connectivity index (χ0v) is 14.2. The van der Waals surface area contributed by atoms with Gasteiger partial charge in [0, 0.05) is 17.3 Å². The van der Waals surface area contributed by atoms with Gasteiger partial charge in [0.05, 0.1) is 12.5 Å². The second-order valence-electron chi connectivity index (χ2n) is 6.05. The number of carbonyl (C=O) groups is 2. The lowest BCUT2D eigenvalue weighted by Gasteiger charge is -2.32. The van der Waals surface area contributed by atoms with Crippen LogP contribution in [0.15, 0.2) is 24.3 Å². The van der Waals surface area contributed by atoms with Gasteiger partial charge >= 0.3 is 6.18 Å². The number of rotatable bonds is 5. The zero-order valence-electron chi connectivity index (χ0n) is 13.4. The SMILES string of the molecule is NC(=O)[C@H]1CCCN(CC(=O)N(CC(F)(F)F)c2ccc(Cl)cc2)C1. The molecule has 2 N–H and O–H groups in total. The summed E-state index contributed by atoms with van der Waals surface area (Å²) in [5.74, 6) is -1.53. The van der Waals surface area contributed by atoms with Gasteiger partial charge in [0.15, 0.2) is 0 Å². The van der Waals surface area contributed by atoms with E-state index < -0.39 is 24.5 Å². The molecular weight excluding hydrogens is 359 g/mol. The number of nitrogens with two attached hydrogens (primary N) is 1. The Bertz CT molecular complexity index is 622. The molecule has 1 aromatic rings. The van der Waals surface area contributed by atoms with E-state index in [0.29, 0.717) is 29.3 Å². The quantitative estimate of drug-likeness (QED) is 0.857. The number of alkyl halides is 3. The minimum atomic E-state index is -4.53. The number of primary amides is 1. The molecule has 0 aliphatic carbocycles. The molecule has 0 spiro atoms. The van der Waals surface area contributed by atoms with Crippen molar-refractivity contribution in [3.05, 3.63) is 29.3 Å². The third-order valence-electron chi connectivity index (χ3n) is 4.04. The standard InChI is InChI=1S/C16H19ClF3N3O2/c17-12-3-5-13(6-4-12)23(10-16(18,19)20)14(24)9-22-7-1-2-11(8-22)15(21)25/h3-6,11H,1-2,7-10H2,(H2,21,25)/t11-/m0/s1.